The van der Waals surface area contributed by atoms with E-state index in [0.29, 0.717) is 11.1 Å². The number of anilines is 1. The lowest BCUT2D eigenvalue weighted by atomic mass is 10.1. The summed E-state index contributed by atoms with van der Waals surface area (Å²) in [6.45, 7) is 0. The molecule has 0 saturated carbocycles. The van der Waals surface area contributed by atoms with E-state index in [2.05, 4.69) is 9.97 Å². The zero-order valence-corrected chi connectivity index (χ0v) is 10.5. The number of rotatable bonds is 1. The van der Waals surface area contributed by atoms with Crippen LogP contribution in [0.1, 0.15) is 5.56 Å². The molecular formula is C14H9F4N3. The average Bonchev–Trinajstić information content (AvgIpc) is 2.83. The molecule has 0 radical (unpaired) electrons. The molecule has 2 aromatic carbocycles. The van der Waals surface area contributed by atoms with Crippen molar-refractivity contribution in [1.82, 2.24) is 9.97 Å². The summed E-state index contributed by atoms with van der Waals surface area (Å²) < 4.78 is 51.2. The molecule has 3 aromatic rings. The topological polar surface area (TPSA) is 54.7 Å². The molecule has 1 heterocycles. The number of benzene rings is 2. The van der Waals surface area contributed by atoms with Crippen LogP contribution >= 0.6 is 0 Å². The van der Waals surface area contributed by atoms with Crippen molar-refractivity contribution in [2.45, 2.75) is 6.18 Å². The summed E-state index contributed by atoms with van der Waals surface area (Å²) in [6.07, 6.45) is -4.43. The summed E-state index contributed by atoms with van der Waals surface area (Å²) >= 11 is 0. The van der Waals surface area contributed by atoms with Crippen LogP contribution in [-0.4, -0.2) is 9.97 Å². The van der Waals surface area contributed by atoms with Crippen LogP contribution in [0.2, 0.25) is 0 Å². The number of nitrogens with one attached hydrogen (secondary N) is 1. The van der Waals surface area contributed by atoms with Crippen molar-refractivity contribution >= 4 is 16.7 Å². The third kappa shape index (κ3) is 2.42. The maximum atomic E-state index is 13.3. The Morgan fingerprint density at radius 2 is 1.81 bits per heavy atom. The smallest absolute Gasteiger partial charge is 0.398 e. The van der Waals surface area contributed by atoms with Gasteiger partial charge in [0, 0.05) is 11.3 Å². The summed E-state index contributed by atoms with van der Waals surface area (Å²) in [7, 11) is 0. The molecule has 0 saturated heterocycles. The molecule has 0 amide bonds. The number of halogens is 4. The van der Waals surface area contributed by atoms with Gasteiger partial charge in [-0.15, -0.1) is 0 Å². The van der Waals surface area contributed by atoms with Gasteiger partial charge < -0.3 is 10.7 Å². The van der Waals surface area contributed by atoms with Crippen LogP contribution in [0.25, 0.3) is 22.4 Å². The Morgan fingerprint density at radius 3 is 2.52 bits per heavy atom. The lowest BCUT2D eigenvalue weighted by Gasteiger charge is -2.05. The number of aromatic nitrogens is 2. The van der Waals surface area contributed by atoms with Gasteiger partial charge in [-0.2, -0.15) is 13.2 Å². The van der Waals surface area contributed by atoms with Gasteiger partial charge in [-0.25, -0.2) is 9.37 Å². The fourth-order valence-electron chi connectivity index (χ4n) is 2.05. The van der Waals surface area contributed by atoms with Gasteiger partial charge in [-0.3, -0.25) is 0 Å². The molecule has 0 aliphatic carbocycles. The summed E-state index contributed by atoms with van der Waals surface area (Å²) in [4.78, 5) is 6.87. The first kappa shape index (κ1) is 13.4. The summed E-state index contributed by atoms with van der Waals surface area (Å²) in [5.74, 6) is -0.281. The van der Waals surface area contributed by atoms with E-state index in [1.54, 1.807) is 0 Å². The Labute approximate surface area is 116 Å². The summed E-state index contributed by atoms with van der Waals surface area (Å²) in [5, 5.41) is 0. The highest BCUT2D eigenvalue weighted by Gasteiger charge is 2.30. The van der Waals surface area contributed by atoms with E-state index >= 15 is 0 Å². The molecule has 0 aliphatic heterocycles. The normalized spacial score (nSPS) is 12.0. The van der Waals surface area contributed by atoms with Gasteiger partial charge in [-0.05, 0) is 36.4 Å². The van der Waals surface area contributed by atoms with Crippen molar-refractivity contribution in [2.75, 3.05) is 5.73 Å². The van der Waals surface area contributed by atoms with Gasteiger partial charge in [-0.1, -0.05) is 0 Å². The molecule has 0 bridgehead atoms. The number of nitrogens with two attached hydrogens (primary N) is 1. The summed E-state index contributed by atoms with van der Waals surface area (Å²) in [6, 6.07) is 6.91. The van der Waals surface area contributed by atoms with Crippen molar-refractivity contribution < 1.29 is 17.6 Å². The van der Waals surface area contributed by atoms with E-state index in [4.69, 9.17) is 5.73 Å². The Kier molecular flexibility index (Phi) is 2.86. The predicted octanol–water partition coefficient (Wildman–Crippen LogP) is 3.97. The molecule has 3 N–H and O–H groups in total. The second-order valence-electron chi connectivity index (χ2n) is 4.55. The van der Waals surface area contributed by atoms with E-state index in [-0.39, 0.29) is 17.0 Å². The molecular weight excluding hydrogens is 286 g/mol. The van der Waals surface area contributed by atoms with Crippen LogP contribution < -0.4 is 5.73 Å². The number of imidazole rings is 1. The van der Waals surface area contributed by atoms with Crippen molar-refractivity contribution in [2.24, 2.45) is 0 Å². The molecule has 0 atom stereocenters. The van der Waals surface area contributed by atoms with Crippen LogP contribution in [0, 0.1) is 5.82 Å². The maximum absolute atomic E-state index is 13.3. The Balaban J connectivity index is 2.15. The largest absolute Gasteiger partial charge is 0.416 e. The number of fused-ring (bicyclic) bond motifs is 1. The number of H-pyrrole nitrogens is 1. The minimum atomic E-state index is -4.43. The van der Waals surface area contributed by atoms with Crippen LogP contribution in [0.5, 0.6) is 0 Å². The van der Waals surface area contributed by atoms with E-state index < -0.39 is 17.6 Å². The number of alkyl halides is 3. The van der Waals surface area contributed by atoms with Crippen LogP contribution in [-0.2, 0) is 6.18 Å². The van der Waals surface area contributed by atoms with Crippen LogP contribution in [0.4, 0.5) is 23.2 Å². The zero-order chi connectivity index (χ0) is 15.2. The molecule has 3 rings (SSSR count). The lowest BCUT2D eigenvalue weighted by molar-refractivity contribution is -0.137. The molecule has 0 aliphatic rings. The third-order valence-electron chi connectivity index (χ3n) is 3.08. The standard InChI is InChI=1S/C14H9F4N3/c15-8-2-3-10(19)9(6-8)13-20-11-4-1-7(14(16,17)18)5-12(11)21-13/h1-6H,19H2,(H,20,21). The molecule has 0 unspecified atom stereocenters. The Hall–Kier alpha value is -2.57. The zero-order valence-electron chi connectivity index (χ0n) is 10.5. The predicted molar refractivity (Wildman–Crippen MR) is 70.9 cm³/mol. The second kappa shape index (κ2) is 4.47. The number of hydrogen-bond donors (Lipinski definition) is 2. The molecule has 108 valence electrons. The first-order valence-electron chi connectivity index (χ1n) is 5.97. The van der Waals surface area contributed by atoms with Gasteiger partial charge in [0.15, 0.2) is 0 Å². The fraction of sp³-hybridized carbons (Fsp3) is 0.0714. The second-order valence-corrected chi connectivity index (χ2v) is 4.55. The minimum Gasteiger partial charge on any atom is -0.398 e. The molecule has 7 heteroatoms. The Morgan fingerprint density at radius 1 is 1.05 bits per heavy atom. The number of hydrogen-bond acceptors (Lipinski definition) is 2. The van der Waals surface area contributed by atoms with E-state index in [1.807, 2.05) is 0 Å². The number of aromatic amines is 1. The van der Waals surface area contributed by atoms with Gasteiger partial charge in [0.1, 0.15) is 11.6 Å². The molecule has 21 heavy (non-hydrogen) atoms. The van der Waals surface area contributed by atoms with Crippen molar-refractivity contribution in [3.05, 3.63) is 47.8 Å². The SMILES string of the molecule is Nc1ccc(F)cc1-c1nc2ccc(C(F)(F)F)cc2[nH]1. The number of nitrogens with zero attached hydrogens (tertiary/aromatic N) is 1. The van der Waals surface area contributed by atoms with E-state index in [9.17, 15) is 17.6 Å². The molecule has 1 aromatic heterocycles. The first-order valence-corrected chi connectivity index (χ1v) is 5.97. The summed E-state index contributed by atoms with van der Waals surface area (Å²) in [5.41, 5.74) is 6.11. The number of nitrogen functional groups attached to an aromatic ring is 1. The highest BCUT2D eigenvalue weighted by molar-refractivity contribution is 5.83. The van der Waals surface area contributed by atoms with Gasteiger partial charge in [0.2, 0.25) is 0 Å². The first-order chi connectivity index (χ1) is 9.84. The monoisotopic (exact) mass is 295 g/mol. The minimum absolute atomic E-state index is 0.212. The highest BCUT2D eigenvalue weighted by Crippen LogP contribution is 2.32. The Bertz CT molecular complexity index is 821. The molecule has 3 nitrogen and oxygen atoms in total. The van der Waals surface area contributed by atoms with Crippen molar-refractivity contribution in [3.63, 3.8) is 0 Å². The third-order valence-corrected chi connectivity index (χ3v) is 3.08. The fourth-order valence-corrected chi connectivity index (χ4v) is 2.05. The quantitative estimate of drug-likeness (QED) is 0.527. The highest BCUT2D eigenvalue weighted by atomic mass is 19.4. The van der Waals surface area contributed by atoms with Crippen molar-refractivity contribution in [3.8, 4) is 11.4 Å². The molecule has 0 spiro atoms. The maximum Gasteiger partial charge on any atom is 0.416 e. The van der Waals surface area contributed by atoms with Crippen molar-refractivity contribution in [1.29, 1.82) is 0 Å². The van der Waals surface area contributed by atoms with E-state index in [0.717, 1.165) is 12.1 Å². The van der Waals surface area contributed by atoms with Crippen LogP contribution in [0.3, 0.4) is 0 Å². The lowest BCUT2D eigenvalue weighted by Crippen LogP contribution is -2.04. The average molecular weight is 295 g/mol. The van der Waals surface area contributed by atoms with Gasteiger partial charge >= 0.3 is 6.18 Å². The van der Waals surface area contributed by atoms with Crippen LogP contribution in [0.15, 0.2) is 36.4 Å². The van der Waals surface area contributed by atoms with Gasteiger partial charge in [0.05, 0.1) is 16.6 Å². The molecule has 0 fully saturated rings. The van der Waals surface area contributed by atoms with Gasteiger partial charge in [0.25, 0.3) is 0 Å². The van der Waals surface area contributed by atoms with E-state index in [1.165, 1.54) is 24.3 Å².